The predicted molar refractivity (Wildman–Crippen MR) is 140 cm³/mol. The van der Waals surface area contributed by atoms with Crippen LogP contribution in [0.5, 0.6) is 5.75 Å². The summed E-state index contributed by atoms with van der Waals surface area (Å²) in [4.78, 5) is 35.8. The Hall–Kier alpha value is -4.35. The SMILES string of the molecule is C=Cc1cc(OCc2ccccc2)c(N(CC(=O)O)C(=O)C(F)(F)F)c(F)c1CC(C=C)NC(=O)OC(C)(C)C. The minimum atomic E-state index is -5.53. The number of benzene rings is 2. The Kier molecular flexibility index (Phi) is 10.5. The molecule has 0 aliphatic carbocycles. The number of carbonyl (C=O) groups excluding carboxylic acids is 2. The summed E-state index contributed by atoms with van der Waals surface area (Å²) >= 11 is 0. The molecule has 0 aromatic heterocycles. The van der Waals surface area contributed by atoms with Gasteiger partial charge in [-0.3, -0.25) is 14.5 Å². The number of alkyl carbamates (subject to hydrolysis) is 1. The van der Waals surface area contributed by atoms with E-state index in [4.69, 9.17) is 9.47 Å². The lowest BCUT2D eigenvalue weighted by Crippen LogP contribution is -2.45. The molecule has 2 amide bonds. The molecule has 40 heavy (non-hydrogen) atoms. The predicted octanol–water partition coefficient (Wildman–Crippen LogP) is 5.65. The molecule has 0 heterocycles. The van der Waals surface area contributed by atoms with Gasteiger partial charge in [-0.25, -0.2) is 9.18 Å². The summed E-state index contributed by atoms with van der Waals surface area (Å²) in [6.45, 7) is 10.3. The first-order valence-corrected chi connectivity index (χ1v) is 11.9. The molecule has 0 aliphatic heterocycles. The van der Waals surface area contributed by atoms with Crippen molar-refractivity contribution >= 4 is 29.7 Å². The molecule has 2 rings (SSSR count). The van der Waals surface area contributed by atoms with Gasteiger partial charge in [0.2, 0.25) is 0 Å². The summed E-state index contributed by atoms with van der Waals surface area (Å²) in [5, 5.41) is 11.8. The van der Waals surface area contributed by atoms with E-state index in [0.717, 1.165) is 6.07 Å². The number of halogens is 4. The van der Waals surface area contributed by atoms with Gasteiger partial charge in [-0.2, -0.15) is 13.2 Å². The Morgan fingerprint density at radius 3 is 2.25 bits per heavy atom. The molecule has 0 fully saturated rings. The lowest BCUT2D eigenvalue weighted by atomic mass is 9.97. The van der Waals surface area contributed by atoms with Gasteiger partial charge in [0.25, 0.3) is 0 Å². The molecule has 0 saturated carbocycles. The minimum absolute atomic E-state index is 0.0666. The summed E-state index contributed by atoms with van der Waals surface area (Å²) in [6.07, 6.45) is -4.29. The van der Waals surface area contributed by atoms with Crippen LogP contribution in [0.15, 0.2) is 55.6 Å². The number of carbonyl (C=O) groups is 3. The van der Waals surface area contributed by atoms with Crippen molar-refractivity contribution in [2.75, 3.05) is 11.4 Å². The Morgan fingerprint density at radius 2 is 1.75 bits per heavy atom. The van der Waals surface area contributed by atoms with E-state index in [1.165, 1.54) is 12.2 Å². The summed E-state index contributed by atoms with van der Waals surface area (Å²) in [5.41, 5.74) is -1.52. The molecular formula is C28H30F4N2O6. The number of hydrogen-bond donors (Lipinski definition) is 2. The molecule has 12 heteroatoms. The normalized spacial score (nSPS) is 12.2. The highest BCUT2D eigenvalue weighted by molar-refractivity contribution is 6.02. The fourth-order valence-electron chi connectivity index (χ4n) is 3.57. The third-order valence-electron chi connectivity index (χ3n) is 5.26. The maximum Gasteiger partial charge on any atom is 0.471 e. The molecule has 0 aliphatic rings. The molecule has 0 spiro atoms. The van der Waals surface area contributed by atoms with Crippen molar-refractivity contribution in [1.29, 1.82) is 0 Å². The Morgan fingerprint density at radius 1 is 1.12 bits per heavy atom. The van der Waals surface area contributed by atoms with Gasteiger partial charge in [-0.15, -0.1) is 6.58 Å². The molecular weight excluding hydrogens is 536 g/mol. The van der Waals surface area contributed by atoms with E-state index < -0.39 is 59.6 Å². The number of carboxylic acid groups (broad SMARTS) is 1. The number of nitrogens with one attached hydrogen (secondary N) is 1. The highest BCUT2D eigenvalue weighted by Gasteiger charge is 2.45. The average Bonchev–Trinajstić information content (AvgIpc) is 2.85. The van der Waals surface area contributed by atoms with Crippen LogP contribution in [0, 0.1) is 5.82 Å². The first-order chi connectivity index (χ1) is 18.6. The van der Waals surface area contributed by atoms with Crippen LogP contribution in [0.4, 0.5) is 28.0 Å². The molecule has 0 radical (unpaired) electrons. The maximum atomic E-state index is 16.2. The van der Waals surface area contributed by atoms with Crippen LogP contribution in [0.1, 0.15) is 37.5 Å². The smallest absolute Gasteiger partial charge is 0.471 e. The number of aliphatic carboxylic acids is 1. The average molecular weight is 567 g/mol. The monoisotopic (exact) mass is 566 g/mol. The number of nitrogens with zero attached hydrogens (tertiary/aromatic N) is 1. The molecule has 216 valence electrons. The summed E-state index contributed by atoms with van der Waals surface area (Å²) < 4.78 is 67.5. The third kappa shape index (κ3) is 8.85. The first kappa shape index (κ1) is 31.9. The molecule has 1 unspecified atom stereocenters. The molecule has 1 atom stereocenters. The summed E-state index contributed by atoms with van der Waals surface area (Å²) in [6, 6.07) is 8.54. The molecule has 2 aromatic rings. The highest BCUT2D eigenvalue weighted by Crippen LogP contribution is 2.39. The van der Waals surface area contributed by atoms with E-state index in [2.05, 4.69) is 18.5 Å². The van der Waals surface area contributed by atoms with Gasteiger partial charge in [0, 0.05) is 0 Å². The van der Waals surface area contributed by atoms with E-state index >= 15 is 4.39 Å². The van der Waals surface area contributed by atoms with Crippen molar-refractivity contribution in [1.82, 2.24) is 5.32 Å². The zero-order valence-corrected chi connectivity index (χ0v) is 22.2. The number of rotatable bonds is 11. The number of ether oxygens (including phenoxy) is 2. The van der Waals surface area contributed by atoms with E-state index in [1.54, 1.807) is 51.1 Å². The van der Waals surface area contributed by atoms with E-state index in [-0.39, 0.29) is 29.1 Å². The Bertz CT molecular complexity index is 1260. The van der Waals surface area contributed by atoms with Crippen LogP contribution >= 0.6 is 0 Å². The standard InChI is InChI=1S/C28H30F4N2O6/c1-6-18-13-21(39-16-17-11-9-8-10-12-17)24(34(15-22(35)36)25(37)28(30,31)32)23(29)20(18)14-19(7-2)33-26(38)40-27(3,4)5/h6-13,19H,1-2,14-16H2,3-5H3,(H,33,38)(H,35,36). The molecule has 0 saturated heterocycles. The van der Waals surface area contributed by atoms with Gasteiger partial charge >= 0.3 is 24.1 Å². The van der Waals surface area contributed by atoms with Crippen molar-refractivity contribution < 1.29 is 46.5 Å². The van der Waals surface area contributed by atoms with Crippen LogP contribution in [0.25, 0.3) is 6.08 Å². The zero-order chi connectivity index (χ0) is 30.3. The number of alkyl halides is 3. The van der Waals surface area contributed by atoms with E-state index in [9.17, 15) is 32.7 Å². The quantitative estimate of drug-likeness (QED) is 0.269. The van der Waals surface area contributed by atoms with Gasteiger partial charge in [0.15, 0.2) is 5.82 Å². The molecule has 0 bridgehead atoms. The van der Waals surface area contributed by atoms with Gasteiger partial charge < -0.3 is 19.9 Å². The molecule has 2 N–H and O–H groups in total. The van der Waals surface area contributed by atoms with Gasteiger partial charge in [0.1, 0.15) is 30.2 Å². The second-order valence-corrected chi connectivity index (χ2v) is 9.56. The highest BCUT2D eigenvalue weighted by atomic mass is 19.4. The van der Waals surface area contributed by atoms with Crippen LogP contribution in [-0.4, -0.2) is 47.4 Å². The number of hydrogen-bond acceptors (Lipinski definition) is 5. The second kappa shape index (κ2) is 13.1. The van der Waals surface area contributed by atoms with E-state index in [1.807, 2.05) is 0 Å². The summed E-state index contributed by atoms with van der Waals surface area (Å²) in [5.74, 6) is -6.31. The first-order valence-electron chi connectivity index (χ1n) is 11.9. The van der Waals surface area contributed by atoms with Gasteiger partial charge in [0.05, 0.1) is 6.04 Å². The molecule has 8 nitrogen and oxygen atoms in total. The third-order valence-corrected chi connectivity index (χ3v) is 5.26. The van der Waals surface area contributed by atoms with Crippen molar-refractivity contribution in [3.63, 3.8) is 0 Å². The number of amides is 2. The van der Waals surface area contributed by atoms with Crippen LogP contribution in [0.2, 0.25) is 0 Å². The van der Waals surface area contributed by atoms with Crippen molar-refractivity contribution in [2.45, 2.75) is 51.6 Å². The van der Waals surface area contributed by atoms with Crippen molar-refractivity contribution in [3.8, 4) is 5.75 Å². The second-order valence-electron chi connectivity index (χ2n) is 9.56. The number of carboxylic acids is 1. The minimum Gasteiger partial charge on any atom is -0.487 e. The lowest BCUT2D eigenvalue weighted by Gasteiger charge is -2.27. The lowest BCUT2D eigenvalue weighted by molar-refractivity contribution is -0.171. The Balaban J connectivity index is 2.67. The fourth-order valence-corrected chi connectivity index (χ4v) is 3.57. The topological polar surface area (TPSA) is 105 Å². The van der Waals surface area contributed by atoms with E-state index in [0.29, 0.717) is 5.56 Å². The fraction of sp³-hybridized carbons (Fsp3) is 0.321. The van der Waals surface area contributed by atoms with Gasteiger partial charge in [-0.1, -0.05) is 49.1 Å². The van der Waals surface area contributed by atoms with Crippen LogP contribution in [-0.2, 0) is 27.4 Å². The van der Waals surface area contributed by atoms with Crippen LogP contribution < -0.4 is 15.0 Å². The van der Waals surface area contributed by atoms with Crippen molar-refractivity contribution in [3.05, 3.63) is 78.1 Å². The van der Waals surface area contributed by atoms with Crippen molar-refractivity contribution in [2.24, 2.45) is 0 Å². The zero-order valence-electron chi connectivity index (χ0n) is 22.2. The largest absolute Gasteiger partial charge is 0.487 e. The van der Waals surface area contributed by atoms with Gasteiger partial charge in [-0.05, 0) is 49.9 Å². The van der Waals surface area contributed by atoms with Crippen LogP contribution in [0.3, 0.4) is 0 Å². The summed E-state index contributed by atoms with van der Waals surface area (Å²) in [7, 11) is 0. The maximum absolute atomic E-state index is 16.2. The number of anilines is 1. The Labute approximate surface area is 228 Å². The molecule has 2 aromatic carbocycles.